The van der Waals surface area contributed by atoms with E-state index in [1.165, 1.54) is 10.6 Å². The molecule has 2 saturated heterocycles. The Hall–Kier alpha value is -2.21. The fourth-order valence-electron chi connectivity index (χ4n) is 2.97. The van der Waals surface area contributed by atoms with Crippen LogP contribution in [0, 0.1) is 5.41 Å². The van der Waals surface area contributed by atoms with Gasteiger partial charge in [-0.3, -0.25) is 9.78 Å². The van der Waals surface area contributed by atoms with E-state index in [4.69, 9.17) is 9.90 Å². The second kappa shape index (κ2) is 7.43. The van der Waals surface area contributed by atoms with Crippen molar-refractivity contribution in [3.05, 3.63) is 30.1 Å². The van der Waals surface area contributed by atoms with Gasteiger partial charge in [-0.15, -0.1) is 0 Å². The predicted molar refractivity (Wildman–Crippen MR) is 87.3 cm³/mol. The predicted octanol–water partition coefficient (Wildman–Crippen LogP) is 0.822. The highest BCUT2D eigenvalue weighted by atomic mass is 32.2. The van der Waals surface area contributed by atoms with Crippen LogP contribution in [-0.4, -0.2) is 78.2 Å². The molecule has 150 valence electrons. The summed E-state index contributed by atoms with van der Waals surface area (Å²) in [6.07, 6.45) is 0.216. The van der Waals surface area contributed by atoms with Gasteiger partial charge in [0.25, 0.3) is 5.91 Å². The lowest BCUT2D eigenvalue weighted by Gasteiger charge is -2.46. The van der Waals surface area contributed by atoms with Crippen LogP contribution in [0.15, 0.2) is 24.5 Å². The first-order valence-corrected chi connectivity index (χ1v) is 9.63. The largest absolute Gasteiger partial charge is 0.490 e. The molecule has 3 rings (SSSR count). The van der Waals surface area contributed by atoms with Crippen LogP contribution in [0.1, 0.15) is 16.8 Å². The summed E-state index contributed by atoms with van der Waals surface area (Å²) >= 11 is 0. The quantitative estimate of drug-likeness (QED) is 0.775. The van der Waals surface area contributed by atoms with E-state index < -0.39 is 22.2 Å². The van der Waals surface area contributed by atoms with Gasteiger partial charge in [0.2, 0.25) is 10.0 Å². The number of carbonyl (C=O) groups is 2. The fourth-order valence-corrected chi connectivity index (χ4v) is 3.99. The van der Waals surface area contributed by atoms with Crippen LogP contribution < -0.4 is 0 Å². The van der Waals surface area contributed by atoms with Gasteiger partial charge in [-0.1, -0.05) is 0 Å². The van der Waals surface area contributed by atoms with Gasteiger partial charge < -0.3 is 10.0 Å². The van der Waals surface area contributed by atoms with Crippen molar-refractivity contribution in [1.29, 1.82) is 0 Å². The van der Waals surface area contributed by atoms with Crippen molar-refractivity contribution in [2.75, 3.05) is 32.4 Å². The molecular weight excluding hydrogens is 391 g/mol. The first-order valence-electron chi connectivity index (χ1n) is 7.79. The Bertz CT molecular complexity index is 808. The third-order valence-electron chi connectivity index (χ3n) is 4.37. The molecule has 2 aliphatic heterocycles. The van der Waals surface area contributed by atoms with Crippen molar-refractivity contribution in [2.45, 2.75) is 12.6 Å². The number of amides is 1. The number of hydrogen-bond acceptors (Lipinski definition) is 5. The maximum absolute atomic E-state index is 12.3. The van der Waals surface area contributed by atoms with E-state index in [2.05, 4.69) is 4.98 Å². The van der Waals surface area contributed by atoms with E-state index in [-0.39, 0.29) is 11.3 Å². The Morgan fingerprint density at radius 1 is 1.26 bits per heavy atom. The molecule has 0 aliphatic carbocycles. The number of carboxylic acid groups (broad SMARTS) is 1. The summed E-state index contributed by atoms with van der Waals surface area (Å²) in [5, 5.41) is 7.12. The summed E-state index contributed by atoms with van der Waals surface area (Å²) in [6.45, 7) is 2.38. The van der Waals surface area contributed by atoms with Gasteiger partial charge in [0, 0.05) is 44.0 Å². The number of hydrogen-bond donors (Lipinski definition) is 1. The van der Waals surface area contributed by atoms with Crippen molar-refractivity contribution in [3.63, 3.8) is 0 Å². The van der Waals surface area contributed by atoms with Crippen molar-refractivity contribution >= 4 is 21.9 Å². The highest BCUT2D eigenvalue weighted by Crippen LogP contribution is 2.40. The number of halogens is 3. The highest BCUT2D eigenvalue weighted by molar-refractivity contribution is 7.88. The molecule has 0 unspecified atom stereocenters. The molecule has 0 atom stereocenters. The second-order valence-electron chi connectivity index (χ2n) is 6.55. The van der Waals surface area contributed by atoms with Crippen LogP contribution in [0.3, 0.4) is 0 Å². The van der Waals surface area contributed by atoms with Crippen LogP contribution in [0.4, 0.5) is 13.2 Å². The van der Waals surface area contributed by atoms with Crippen LogP contribution in [0.5, 0.6) is 0 Å². The molecule has 1 aromatic heterocycles. The first-order chi connectivity index (χ1) is 12.3. The van der Waals surface area contributed by atoms with Crippen LogP contribution in [-0.2, 0) is 14.8 Å². The Morgan fingerprint density at radius 3 is 2.30 bits per heavy atom. The van der Waals surface area contributed by atoms with Crippen LogP contribution in [0.2, 0.25) is 0 Å². The van der Waals surface area contributed by atoms with Crippen LogP contribution in [0.25, 0.3) is 0 Å². The molecule has 0 bridgehead atoms. The van der Waals surface area contributed by atoms with Gasteiger partial charge in [0.05, 0.1) is 11.8 Å². The lowest BCUT2D eigenvalue weighted by atomic mass is 9.81. The topological polar surface area (TPSA) is 108 Å². The average Bonchev–Trinajstić information content (AvgIpc) is 2.98. The van der Waals surface area contributed by atoms with Gasteiger partial charge in [-0.05, 0) is 18.6 Å². The number of aliphatic carboxylic acids is 1. The molecule has 8 nitrogen and oxygen atoms in total. The van der Waals surface area contributed by atoms with E-state index in [9.17, 15) is 26.4 Å². The first kappa shape index (κ1) is 21.1. The maximum atomic E-state index is 12.3. The normalized spacial score (nSPS) is 19.2. The average molecular weight is 409 g/mol. The van der Waals surface area contributed by atoms with Crippen molar-refractivity contribution < 1.29 is 36.3 Å². The van der Waals surface area contributed by atoms with Gasteiger partial charge in [0.1, 0.15) is 0 Å². The number of aromatic nitrogens is 1. The van der Waals surface area contributed by atoms with E-state index in [1.807, 2.05) is 0 Å². The Kier molecular flexibility index (Phi) is 5.80. The summed E-state index contributed by atoms with van der Waals surface area (Å²) < 4.78 is 56.1. The molecule has 1 amide bonds. The summed E-state index contributed by atoms with van der Waals surface area (Å²) in [6, 6.07) is 3.50. The van der Waals surface area contributed by atoms with E-state index >= 15 is 0 Å². The Morgan fingerprint density at radius 2 is 1.85 bits per heavy atom. The molecule has 0 radical (unpaired) electrons. The minimum Gasteiger partial charge on any atom is -0.475 e. The minimum atomic E-state index is -5.08. The minimum absolute atomic E-state index is 0.0206. The van der Waals surface area contributed by atoms with Crippen LogP contribution >= 0.6 is 0 Å². The fraction of sp³-hybridized carbons (Fsp3) is 0.533. The zero-order valence-corrected chi connectivity index (χ0v) is 15.1. The number of nitrogens with zero attached hydrogens (tertiary/aromatic N) is 3. The van der Waals surface area contributed by atoms with Gasteiger partial charge >= 0.3 is 12.1 Å². The molecule has 3 heterocycles. The SMILES string of the molecule is CS(=O)(=O)N1CC2(CCN(C(=O)c3cccnc3)C2)C1.O=C(O)C(F)(F)F. The van der Waals surface area contributed by atoms with Gasteiger partial charge in [-0.2, -0.15) is 13.2 Å². The van der Waals surface area contributed by atoms with Crippen molar-refractivity contribution in [1.82, 2.24) is 14.2 Å². The standard InChI is InChI=1S/C13H17N3O3S.C2HF3O2/c1-20(18,19)16-9-13(10-16)4-6-15(8-13)12(17)11-3-2-5-14-7-11;3-2(4,5)1(6)7/h2-3,5,7H,4,6,8-10H2,1H3;(H,6,7). The third kappa shape index (κ3) is 5.16. The molecule has 12 heteroatoms. The summed E-state index contributed by atoms with van der Waals surface area (Å²) in [5.74, 6) is -2.78. The smallest absolute Gasteiger partial charge is 0.475 e. The van der Waals surface area contributed by atoms with Gasteiger partial charge in [-0.25, -0.2) is 17.5 Å². The van der Waals surface area contributed by atoms with E-state index in [1.54, 1.807) is 29.4 Å². The third-order valence-corrected chi connectivity index (χ3v) is 5.57. The molecule has 1 N–H and O–H groups in total. The summed E-state index contributed by atoms with van der Waals surface area (Å²) in [4.78, 5) is 27.0. The number of carboxylic acids is 1. The Balaban J connectivity index is 0.000000321. The molecule has 2 fully saturated rings. The number of pyridine rings is 1. The number of rotatable bonds is 2. The van der Waals surface area contributed by atoms with E-state index in [0.29, 0.717) is 31.7 Å². The van der Waals surface area contributed by atoms with Gasteiger partial charge in [0.15, 0.2) is 0 Å². The summed E-state index contributed by atoms with van der Waals surface area (Å²) in [7, 11) is -3.10. The molecule has 1 aromatic rings. The zero-order valence-electron chi connectivity index (χ0n) is 14.3. The number of likely N-dealkylation sites (tertiary alicyclic amines) is 1. The molecule has 0 aromatic carbocycles. The molecule has 1 spiro atoms. The number of carbonyl (C=O) groups excluding carboxylic acids is 1. The summed E-state index contributed by atoms with van der Waals surface area (Å²) in [5.41, 5.74) is 0.546. The molecular formula is C15H18F3N3O5S. The zero-order chi connectivity index (χ0) is 20.5. The second-order valence-corrected chi connectivity index (χ2v) is 8.53. The maximum Gasteiger partial charge on any atom is 0.490 e. The molecule has 27 heavy (non-hydrogen) atoms. The van der Waals surface area contributed by atoms with Crippen molar-refractivity contribution in [3.8, 4) is 0 Å². The molecule has 2 aliphatic rings. The lowest BCUT2D eigenvalue weighted by molar-refractivity contribution is -0.192. The number of sulfonamides is 1. The lowest BCUT2D eigenvalue weighted by Crippen LogP contribution is -2.59. The van der Waals surface area contributed by atoms with Crippen molar-refractivity contribution in [2.24, 2.45) is 5.41 Å². The monoisotopic (exact) mass is 409 g/mol. The van der Waals surface area contributed by atoms with E-state index in [0.717, 1.165) is 6.42 Å². The Labute approximate surface area is 153 Å². The highest BCUT2D eigenvalue weighted by Gasteiger charge is 2.51. The molecule has 0 saturated carbocycles. The number of alkyl halides is 3.